The van der Waals surface area contributed by atoms with Crippen LogP contribution < -0.4 is 0 Å². The van der Waals surface area contributed by atoms with Crippen molar-refractivity contribution in [2.45, 2.75) is 48.0 Å². The Morgan fingerprint density at radius 1 is 0.737 bits per heavy atom. The topological polar surface area (TPSA) is 24.7 Å². The summed E-state index contributed by atoms with van der Waals surface area (Å²) in [4.78, 5) is 9.75. The Bertz CT molecular complexity index is 488. The highest BCUT2D eigenvalue weighted by molar-refractivity contribution is 6.11. The summed E-state index contributed by atoms with van der Waals surface area (Å²) in [5, 5.41) is 0. The van der Waals surface area contributed by atoms with Crippen molar-refractivity contribution >= 4 is 22.8 Å². The minimum absolute atomic E-state index is 0.0729. The van der Waals surface area contributed by atoms with Crippen LogP contribution in [0.5, 0.6) is 0 Å². The standard InChI is InChI=1S/C17H24N2/c1-16(2,3)14-11-15(17(4,5)6)19-13-10-8-7-9-12(13)18-14/h7-10H,11H2,1-6H3. The third-order valence-electron chi connectivity index (χ3n) is 3.46. The highest BCUT2D eigenvalue weighted by Crippen LogP contribution is 2.36. The zero-order valence-corrected chi connectivity index (χ0v) is 12.9. The van der Waals surface area contributed by atoms with Gasteiger partial charge in [0.1, 0.15) is 0 Å². The lowest BCUT2D eigenvalue weighted by Gasteiger charge is -2.26. The Hall–Kier alpha value is -1.44. The Kier molecular flexibility index (Phi) is 3.38. The summed E-state index contributed by atoms with van der Waals surface area (Å²) < 4.78 is 0. The van der Waals surface area contributed by atoms with E-state index in [-0.39, 0.29) is 10.8 Å². The number of rotatable bonds is 0. The summed E-state index contributed by atoms with van der Waals surface area (Å²) in [6, 6.07) is 8.16. The first-order valence-electron chi connectivity index (χ1n) is 6.93. The van der Waals surface area contributed by atoms with E-state index in [4.69, 9.17) is 9.98 Å². The predicted octanol–water partition coefficient (Wildman–Crippen LogP) is 5.33. The van der Waals surface area contributed by atoms with E-state index in [0.717, 1.165) is 17.8 Å². The maximum atomic E-state index is 4.88. The van der Waals surface area contributed by atoms with Crippen LogP contribution in [0.3, 0.4) is 0 Å². The zero-order chi connectivity index (χ0) is 14.3. The molecule has 1 aromatic carbocycles. The second-order valence-corrected chi connectivity index (χ2v) is 7.28. The molecule has 0 bridgehead atoms. The summed E-state index contributed by atoms with van der Waals surface area (Å²) in [7, 11) is 0. The Balaban J connectivity index is 2.61. The molecule has 1 aliphatic heterocycles. The van der Waals surface area contributed by atoms with E-state index in [1.165, 1.54) is 11.4 Å². The summed E-state index contributed by atoms with van der Waals surface area (Å²) >= 11 is 0. The molecule has 0 atom stereocenters. The molecular weight excluding hydrogens is 232 g/mol. The maximum absolute atomic E-state index is 4.88. The lowest BCUT2D eigenvalue weighted by molar-refractivity contribution is 0.565. The van der Waals surface area contributed by atoms with E-state index >= 15 is 0 Å². The van der Waals surface area contributed by atoms with Gasteiger partial charge in [0.05, 0.1) is 11.4 Å². The third kappa shape index (κ3) is 3.12. The summed E-state index contributed by atoms with van der Waals surface area (Å²) in [6.07, 6.45) is 0.863. The van der Waals surface area contributed by atoms with Crippen LogP contribution in [-0.4, -0.2) is 11.4 Å². The van der Waals surface area contributed by atoms with E-state index in [1.54, 1.807) is 0 Å². The smallest absolute Gasteiger partial charge is 0.0885 e. The molecule has 2 nitrogen and oxygen atoms in total. The predicted molar refractivity (Wildman–Crippen MR) is 84.2 cm³/mol. The Labute approximate surface area is 116 Å². The van der Waals surface area contributed by atoms with Crippen molar-refractivity contribution in [2.75, 3.05) is 0 Å². The number of benzene rings is 1. The van der Waals surface area contributed by atoms with Gasteiger partial charge in [-0.1, -0.05) is 53.7 Å². The number of hydrogen-bond donors (Lipinski definition) is 0. The lowest BCUT2D eigenvalue weighted by Crippen LogP contribution is -2.28. The van der Waals surface area contributed by atoms with Gasteiger partial charge >= 0.3 is 0 Å². The van der Waals surface area contributed by atoms with Crippen LogP contribution in [0.25, 0.3) is 0 Å². The van der Waals surface area contributed by atoms with Crippen LogP contribution >= 0.6 is 0 Å². The minimum atomic E-state index is 0.0729. The number of para-hydroxylation sites is 2. The van der Waals surface area contributed by atoms with Gasteiger partial charge in [-0.2, -0.15) is 0 Å². The Morgan fingerprint density at radius 2 is 1.11 bits per heavy atom. The van der Waals surface area contributed by atoms with E-state index < -0.39 is 0 Å². The van der Waals surface area contributed by atoms with Crippen molar-refractivity contribution in [1.29, 1.82) is 0 Å². The largest absolute Gasteiger partial charge is 0.255 e. The van der Waals surface area contributed by atoms with Crippen molar-refractivity contribution in [2.24, 2.45) is 20.8 Å². The monoisotopic (exact) mass is 256 g/mol. The fourth-order valence-corrected chi connectivity index (χ4v) is 2.05. The van der Waals surface area contributed by atoms with Gasteiger partial charge in [-0.05, 0) is 12.1 Å². The fraction of sp³-hybridized carbons (Fsp3) is 0.529. The maximum Gasteiger partial charge on any atom is 0.0885 e. The van der Waals surface area contributed by atoms with Gasteiger partial charge in [0.25, 0.3) is 0 Å². The first kappa shape index (κ1) is 14.0. The molecule has 0 aliphatic carbocycles. The number of nitrogens with zero attached hydrogens (tertiary/aromatic N) is 2. The van der Waals surface area contributed by atoms with Gasteiger partial charge < -0.3 is 0 Å². The van der Waals surface area contributed by atoms with Gasteiger partial charge in [0.15, 0.2) is 0 Å². The molecule has 0 fully saturated rings. The first-order chi connectivity index (χ1) is 8.68. The van der Waals surface area contributed by atoms with E-state index in [2.05, 4.69) is 53.7 Å². The molecule has 1 aromatic rings. The average Bonchev–Trinajstić information content (AvgIpc) is 2.46. The van der Waals surface area contributed by atoms with Crippen molar-refractivity contribution in [3.8, 4) is 0 Å². The first-order valence-corrected chi connectivity index (χ1v) is 6.93. The molecule has 2 heteroatoms. The minimum Gasteiger partial charge on any atom is -0.255 e. The molecular formula is C17H24N2. The quantitative estimate of drug-likeness (QED) is 0.599. The van der Waals surface area contributed by atoms with Crippen LogP contribution in [0.2, 0.25) is 0 Å². The second kappa shape index (κ2) is 4.59. The zero-order valence-electron chi connectivity index (χ0n) is 12.9. The molecule has 0 aromatic heterocycles. The highest BCUT2D eigenvalue weighted by atomic mass is 14.9. The van der Waals surface area contributed by atoms with Crippen LogP contribution in [-0.2, 0) is 0 Å². The van der Waals surface area contributed by atoms with Gasteiger partial charge in [0.2, 0.25) is 0 Å². The van der Waals surface area contributed by atoms with Crippen molar-refractivity contribution in [3.05, 3.63) is 24.3 Å². The SMILES string of the molecule is CC(C)(C)C1=Nc2ccccc2N=C(C(C)(C)C)C1. The molecule has 0 spiro atoms. The van der Waals surface area contributed by atoms with Gasteiger partial charge in [-0.15, -0.1) is 0 Å². The summed E-state index contributed by atoms with van der Waals surface area (Å²) in [5.41, 5.74) is 4.56. The normalized spacial score (nSPS) is 16.3. The molecule has 1 heterocycles. The summed E-state index contributed by atoms with van der Waals surface area (Å²) in [5.74, 6) is 0. The van der Waals surface area contributed by atoms with E-state index in [1.807, 2.05) is 12.1 Å². The van der Waals surface area contributed by atoms with Crippen molar-refractivity contribution in [1.82, 2.24) is 0 Å². The molecule has 0 N–H and O–H groups in total. The van der Waals surface area contributed by atoms with Crippen LogP contribution in [0.4, 0.5) is 11.4 Å². The molecule has 0 amide bonds. The Morgan fingerprint density at radius 3 is 1.42 bits per heavy atom. The molecule has 1 aliphatic rings. The highest BCUT2D eigenvalue weighted by Gasteiger charge is 2.28. The molecule has 0 saturated carbocycles. The molecule has 0 saturated heterocycles. The van der Waals surface area contributed by atoms with Gasteiger partial charge in [0, 0.05) is 28.7 Å². The number of hydrogen-bond acceptors (Lipinski definition) is 2. The van der Waals surface area contributed by atoms with Crippen LogP contribution in [0.1, 0.15) is 48.0 Å². The lowest BCUT2D eigenvalue weighted by atomic mass is 9.80. The number of fused-ring (bicyclic) bond motifs is 1. The summed E-state index contributed by atoms with van der Waals surface area (Å²) in [6.45, 7) is 13.3. The van der Waals surface area contributed by atoms with Crippen LogP contribution in [0, 0.1) is 10.8 Å². The van der Waals surface area contributed by atoms with Gasteiger partial charge in [-0.25, -0.2) is 0 Å². The van der Waals surface area contributed by atoms with E-state index in [0.29, 0.717) is 0 Å². The molecule has 102 valence electrons. The fourth-order valence-electron chi connectivity index (χ4n) is 2.05. The average molecular weight is 256 g/mol. The molecule has 0 radical (unpaired) electrons. The third-order valence-corrected chi connectivity index (χ3v) is 3.46. The molecule has 0 unspecified atom stereocenters. The molecule has 2 rings (SSSR count). The second-order valence-electron chi connectivity index (χ2n) is 7.28. The van der Waals surface area contributed by atoms with Gasteiger partial charge in [-0.3, -0.25) is 9.98 Å². The molecule has 19 heavy (non-hydrogen) atoms. The van der Waals surface area contributed by atoms with Crippen LogP contribution in [0.15, 0.2) is 34.3 Å². The van der Waals surface area contributed by atoms with Crippen molar-refractivity contribution in [3.63, 3.8) is 0 Å². The van der Waals surface area contributed by atoms with E-state index in [9.17, 15) is 0 Å². The number of aliphatic imine (C=N–C) groups is 2. The van der Waals surface area contributed by atoms with Crippen molar-refractivity contribution < 1.29 is 0 Å².